The van der Waals surface area contributed by atoms with E-state index in [4.69, 9.17) is 16.3 Å². The van der Waals surface area contributed by atoms with Gasteiger partial charge in [-0.25, -0.2) is 0 Å². The molecule has 0 spiro atoms. The minimum Gasteiger partial charge on any atom is -0.493 e. The smallest absolute Gasteiger partial charge is 0.223 e. The molecule has 0 bridgehead atoms. The molecule has 0 aromatic heterocycles. The minimum atomic E-state index is 0.256. The summed E-state index contributed by atoms with van der Waals surface area (Å²) in [5.74, 6) is 1.10. The molecule has 1 aromatic rings. The van der Waals surface area contributed by atoms with Crippen molar-refractivity contribution in [2.24, 2.45) is 0 Å². The van der Waals surface area contributed by atoms with Gasteiger partial charge in [0.05, 0.1) is 39.3 Å². The van der Waals surface area contributed by atoms with Crippen LogP contribution in [0.5, 0.6) is 5.75 Å². The molecular weight excluding hydrogens is 300 g/mol. The lowest BCUT2D eigenvalue weighted by Crippen LogP contribution is -3.14. The number of carbonyl (C=O) groups is 1. The van der Waals surface area contributed by atoms with Gasteiger partial charge in [-0.15, -0.1) is 0 Å². The quantitative estimate of drug-likeness (QED) is 0.805. The fraction of sp³-hybridized carbons (Fsp3) is 0.588. The maximum atomic E-state index is 12.2. The predicted molar refractivity (Wildman–Crippen MR) is 88.7 cm³/mol. The Morgan fingerprint density at radius 2 is 2.09 bits per heavy atom. The molecule has 0 aliphatic carbocycles. The summed E-state index contributed by atoms with van der Waals surface area (Å²) >= 11 is 5.92. The van der Waals surface area contributed by atoms with Crippen LogP contribution in [0.25, 0.3) is 0 Å². The number of amides is 1. The van der Waals surface area contributed by atoms with Gasteiger partial charge in [0.15, 0.2) is 0 Å². The van der Waals surface area contributed by atoms with Crippen LogP contribution in [-0.4, -0.2) is 50.1 Å². The van der Waals surface area contributed by atoms with Crippen molar-refractivity contribution in [2.45, 2.75) is 26.7 Å². The molecule has 1 fully saturated rings. The predicted octanol–water partition coefficient (Wildman–Crippen LogP) is 1.55. The molecule has 1 aromatic carbocycles. The highest BCUT2D eigenvalue weighted by molar-refractivity contribution is 6.30. The third-order valence-corrected chi connectivity index (χ3v) is 4.49. The van der Waals surface area contributed by atoms with Gasteiger partial charge < -0.3 is 14.5 Å². The Morgan fingerprint density at radius 3 is 2.73 bits per heavy atom. The third-order valence-electron chi connectivity index (χ3n) is 4.25. The number of likely N-dealkylation sites (N-methyl/N-ethyl adjacent to an activating group) is 1. The number of nitrogens with zero attached hydrogens (tertiary/aromatic N) is 1. The first-order valence-corrected chi connectivity index (χ1v) is 8.48. The van der Waals surface area contributed by atoms with Gasteiger partial charge in [0, 0.05) is 11.4 Å². The van der Waals surface area contributed by atoms with Crippen LogP contribution in [0.2, 0.25) is 5.02 Å². The van der Waals surface area contributed by atoms with E-state index in [0.29, 0.717) is 18.1 Å². The van der Waals surface area contributed by atoms with Gasteiger partial charge in [0.1, 0.15) is 5.75 Å². The van der Waals surface area contributed by atoms with Crippen molar-refractivity contribution in [3.05, 3.63) is 28.8 Å². The van der Waals surface area contributed by atoms with E-state index >= 15 is 0 Å². The number of quaternary nitrogens is 1. The van der Waals surface area contributed by atoms with Gasteiger partial charge >= 0.3 is 0 Å². The Labute approximate surface area is 138 Å². The van der Waals surface area contributed by atoms with Crippen LogP contribution in [0.4, 0.5) is 0 Å². The molecule has 4 nitrogen and oxygen atoms in total. The summed E-state index contributed by atoms with van der Waals surface area (Å²) in [6.45, 7) is 9.80. The zero-order valence-electron chi connectivity index (χ0n) is 13.5. The van der Waals surface area contributed by atoms with Crippen molar-refractivity contribution < 1.29 is 14.4 Å². The Hall–Kier alpha value is -1.26. The highest BCUT2D eigenvalue weighted by atomic mass is 35.5. The fourth-order valence-corrected chi connectivity index (χ4v) is 2.99. The van der Waals surface area contributed by atoms with Gasteiger partial charge in [0.2, 0.25) is 5.91 Å². The normalized spacial score (nSPS) is 15.9. The molecule has 0 atom stereocenters. The van der Waals surface area contributed by atoms with Crippen LogP contribution in [0.15, 0.2) is 18.2 Å². The molecule has 0 radical (unpaired) electrons. The zero-order chi connectivity index (χ0) is 15.9. The van der Waals surface area contributed by atoms with Crippen molar-refractivity contribution in [3.8, 4) is 5.75 Å². The van der Waals surface area contributed by atoms with Crippen molar-refractivity contribution in [1.82, 2.24) is 4.90 Å². The standard InChI is InChI=1S/C17H25ClN2O2/c1-3-19-8-10-20(11-9-19)17(21)5-4-12-22-16-7-6-15(18)13-14(16)2/h6-7,13H,3-5,8-12H2,1-2H3/p+1. The van der Waals surface area contributed by atoms with Gasteiger partial charge in [-0.1, -0.05) is 11.6 Å². The first-order valence-electron chi connectivity index (χ1n) is 8.10. The summed E-state index contributed by atoms with van der Waals surface area (Å²) in [4.78, 5) is 15.7. The molecule has 0 unspecified atom stereocenters. The molecule has 1 heterocycles. The van der Waals surface area contributed by atoms with E-state index in [1.165, 1.54) is 0 Å². The Bertz CT molecular complexity index is 499. The van der Waals surface area contributed by atoms with Crippen LogP contribution in [0.1, 0.15) is 25.3 Å². The largest absolute Gasteiger partial charge is 0.493 e. The molecule has 22 heavy (non-hydrogen) atoms. The molecule has 1 aliphatic heterocycles. The first-order chi connectivity index (χ1) is 10.6. The molecule has 2 rings (SSSR count). The number of carbonyl (C=O) groups excluding carboxylic acids is 1. The Balaban J connectivity index is 1.67. The summed E-state index contributed by atoms with van der Waals surface area (Å²) in [5.41, 5.74) is 1.03. The number of halogens is 1. The van der Waals surface area contributed by atoms with Crippen molar-refractivity contribution in [3.63, 3.8) is 0 Å². The van der Waals surface area contributed by atoms with E-state index in [-0.39, 0.29) is 5.91 Å². The number of nitrogens with one attached hydrogen (secondary N) is 1. The van der Waals surface area contributed by atoms with E-state index in [0.717, 1.165) is 50.5 Å². The van der Waals surface area contributed by atoms with Crippen LogP contribution in [0.3, 0.4) is 0 Å². The molecule has 5 heteroatoms. The second-order valence-electron chi connectivity index (χ2n) is 5.85. The number of hydrogen-bond acceptors (Lipinski definition) is 2. The summed E-state index contributed by atoms with van der Waals surface area (Å²) < 4.78 is 5.73. The van der Waals surface area contributed by atoms with E-state index in [1.807, 2.05) is 30.0 Å². The number of benzene rings is 1. The maximum absolute atomic E-state index is 12.2. The highest BCUT2D eigenvalue weighted by Gasteiger charge is 2.21. The topological polar surface area (TPSA) is 34.0 Å². The number of aryl methyl sites for hydroxylation is 1. The lowest BCUT2D eigenvalue weighted by molar-refractivity contribution is -0.902. The van der Waals surface area contributed by atoms with Gasteiger partial charge in [-0.3, -0.25) is 4.79 Å². The van der Waals surface area contributed by atoms with Crippen LogP contribution in [-0.2, 0) is 4.79 Å². The number of hydrogen-bond donors (Lipinski definition) is 1. The lowest BCUT2D eigenvalue weighted by Gasteiger charge is -2.31. The molecule has 1 saturated heterocycles. The van der Waals surface area contributed by atoms with Gasteiger partial charge in [-0.2, -0.15) is 0 Å². The summed E-state index contributed by atoms with van der Waals surface area (Å²) in [7, 11) is 0. The Morgan fingerprint density at radius 1 is 1.36 bits per heavy atom. The van der Waals surface area contributed by atoms with Gasteiger partial charge in [-0.05, 0) is 44.0 Å². The minimum absolute atomic E-state index is 0.256. The van der Waals surface area contributed by atoms with E-state index in [2.05, 4.69) is 6.92 Å². The Kier molecular flexibility index (Phi) is 6.52. The maximum Gasteiger partial charge on any atom is 0.223 e. The summed E-state index contributed by atoms with van der Waals surface area (Å²) in [6.07, 6.45) is 1.32. The van der Waals surface area contributed by atoms with Crippen molar-refractivity contribution in [2.75, 3.05) is 39.3 Å². The van der Waals surface area contributed by atoms with Crippen LogP contribution < -0.4 is 9.64 Å². The fourth-order valence-electron chi connectivity index (χ4n) is 2.76. The van der Waals surface area contributed by atoms with Crippen molar-refractivity contribution >= 4 is 17.5 Å². The third kappa shape index (κ3) is 4.89. The number of piperazine rings is 1. The molecular formula is C17H26ClN2O2+. The van der Waals surface area contributed by atoms with Gasteiger partial charge in [0.25, 0.3) is 0 Å². The average molecular weight is 326 g/mol. The molecule has 122 valence electrons. The monoisotopic (exact) mass is 325 g/mol. The zero-order valence-corrected chi connectivity index (χ0v) is 14.3. The van der Waals surface area contributed by atoms with E-state index in [9.17, 15) is 4.79 Å². The summed E-state index contributed by atoms with van der Waals surface area (Å²) in [6, 6.07) is 5.59. The van der Waals surface area contributed by atoms with Crippen molar-refractivity contribution in [1.29, 1.82) is 0 Å². The van der Waals surface area contributed by atoms with Crippen LogP contribution >= 0.6 is 11.6 Å². The van der Waals surface area contributed by atoms with E-state index < -0.39 is 0 Å². The van der Waals surface area contributed by atoms with Crippen LogP contribution in [0, 0.1) is 6.92 Å². The second kappa shape index (κ2) is 8.39. The molecule has 1 aliphatic rings. The number of rotatable bonds is 6. The first kappa shape index (κ1) is 17.1. The highest BCUT2D eigenvalue weighted by Crippen LogP contribution is 2.21. The lowest BCUT2D eigenvalue weighted by atomic mass is 10.2. The summed E-state index contributed by atoms with van der Waals surface area (Å²) in [5, 5.41) is 0.716. The molecule has 1 amide bonds. The molecule has 0 saturated carbocycles. The average Bonchev–Trinajstić information content (AvgIpc) is 2.53. The molecule has 1 N–H and O–H groups in total. The SMILES string of the molecule is CC[NH+]1CCN(C(=O)CCCOc2ccc(Cl)cc2C)CC1. The number of ether oxygens (including phenoxy) is 1. The van der Waals surface area contributed by atoms with E-state index in [1.54, 1.807) is 4.90 Å². The second-order valence-corrected chi connectivity index (χ2v) is 6.28.